The summed E-state index contributed by atoms with van der Waals surface area (Å²) in [6, 6.07) is 6.70. The van der Waals surface area contributed by atoms with E-state index in [0.717, 1.165) is 11.3 Å². The number of methoxy groups -OCH3 is 2. The second kappa shape index (κ2) is 7.04. The Balaban J connectivity index is 2.10. The molecule has 0 spiro atoms. The average molecular weight is 318 g/mol. The Morgan fingerprint density at radius 3 is 2.57 bits per heavy atom. The molecule has 0 aliphatic heterocycles. The van der Waals surface area contributed by atoms with Gasteiger partial charge in [0.25, 0.3) is 0 Å². The summed E-state index contributed by atoms with van der Waals surface area (Å²) >= 11 is 0. The van der Waals surface area contributed by atoms with E-state index in [-0.39, 0.29) is 12.1 Å². The van der Waals surface area contributed by atoms with Crippen molar-refractivity contribution in [3.05, 3.63) is 35.5 Å². The summed E-state index contributed by atoms with van der Waals surface area (Å²) in [7, 11) is 4.97. The van der Waals surface area contributed by atoms with E-state index in [0.29, 0.717) is 17.3 Å². The first-order chi connectivity index (χ1) is 10.9. The van der Waals surface area contributed by atoms with Gasteiger partial charge in [0.15, 0.2) is 0 Å². The highest BCUT2D eigenvalue weighted by molar-refractivity contribution is 5.88. The molecule has 2 amide bonds. The van der Waals surface area contributed by atoms with Gasteiger partial charge in [-0.15, -0.1) is 0 Å². The van der Waals surface area contributed by atoms with Crippen molar-refractivity contribution < 1.29 is 14.3 Å². The van der Waals surface area contributed by atoms with Crippen LogP contribution in [0.2, 0.25) is 0 Å². The Morgan fingerprint density at radius 1 is 1.26 bits per heavy atom. The van der Waals surface area contributed by atoms with Crippen molar-refractivity contribution in [3.8, 4) is 11.5 Å². The van der Waals surface area contributed by atoms with Gasteiger partial charge in [0, 0.05) is 18.7 Å². The summed E-state index contributed by atoms with van der Waals surface area (Å²) < 4.78 is 12.2. The SMILES string of the molecule is COc1ccc(OC)c([C@@H](C)NC(=O)Nc2cc(C)nn2C)c1. The van der Waals surface area contributed by atoms with Crippen LogP contribution in [-0.4, -0.2) is 30.0 Å². The Kier molecular flexibility index (Phi) is 5.10. The number of rotatable bonds is 5. The molecule has 7 nitrogen and oxygen atoms in total. The van der Waals surface area contributed by atoms with Gasteiger partial charge in [0.1, 0.15) is 17.3 Å². The Morgan fingerprint density at radius 2 is 2.00 bits per heavy atom. The van der Waals surface area contributed by atoms with Gasteiger partial charge in [-0.2, -0.15) is 5.10 Å². The van der Waals surface area contributed by atoms with Gasteiger partial charge >= 0.3 is 6.03 Å². The molecule has 2 rings (SSSR count). The van der Waals surface area contributed by atoms with Crippen molar-refractivity contribution in [3.63, 3.8) is 0 Å². The number of amides is 2. The van der Waals surface area contributed by atoms with Crippen LogP contribution >= 0.6 is 0 Å². The topological polar surface area (TPSA) is 77.4 Å². The molecule has 2 aromatic rings. The van der Waals surface area contributed by atoms with E-state index < -0.39 is 0 Å². The van der Waals surface area contributed by atoms with E-state index in [1.54, 1.807) is 32.0 Å². The van der Waals surface area contributed by atoms with Crippen LogP contribution in [-0.2, 0) is 7.05 Å². The smallest absolute Gasteiger partial charge is 0.320 e. The highest BCUT2D eigenvalue weighted by atomic mass is 16.5. The molecule has 0 aliphatic rings. The predicted molar refractivity (Wildman–Crippen MR) is 88.1 cm³/mol. The summed E-state index contributed by atoms with van der Waals surface area (Å²) in [5.74, 6) is 2.02. The van der Waals surface area contributed by atoms with Gasteiger partial charge in [-0.3, -0.25) is 10.00 Å². The normalized spacial score (nSPS) is 11.7. The molecule has 23 heavy (non-hydrogen) atoms. The van der Waals surface area contributed by atoms with E-state index in [9.17, 15) is 4.79 Å². The van der Waals surface area contributed by atoms with Crippen LogP contribution < -0.4 is 20.1 Å². The van der Waals surface area contributed by atoms with E-state index in [1.807, 2.05) is 32.0 Å². The third-order valence-corrected chi connectivity index (χ3v) is 3.49. The van der Waals surface area contributed by atoms with Gasteiger partial charge in [-0.05, 0) is 32.0 Å². The summed E-state index contributed by atoms with van der Waals surface area (Å²) in [4.78, 5) is 12.2. The summed E-state index contributed by atoms with van der Waals surface area (Å²) in [6.07, 6.45) is 0. The van der Waals surface area contributed by atoms with Crippen LogP contribution in [0, 0.1) is 6.92 Å². The molecule has 0 aliphatic carbocycles. The minimum absolute atomic E-state index is 0.255. The fourth-order valence-corrected chi connectivity index (χ4v) is 2.33. The maximum atomic E-state index is 12.2. The van der Waals surface area contributed by atoms with Gasteiger partial charge in [-0.1, -0.05) is 0 Å². The zero-order valence-corrected chi connectivity index (χ0v) is 14.0. The van der Waals surface area contributed by atoms with Crippen LogP contribution in [0.25, 0.3) is 0 Å². The highest BCUT2D eigenvalue weighted by Crippen LogP contribution is 2.29. The van der Waals surface area contributed by atoms with Crippen LogP contribution in [0.3, 0.4) is 0 Å². The lowest BCUT2D eigenvalue weighted by Gasteiger charge is -2.18. The highest BCUT2D eigenvalue weighted by Gasteiger charge is 2.16. The van der Waals surface area contributed by atoms with Crippen molar-refractivity contribution in [2.45, 2.75) is 19.9 Å². The number of anilines is 1. The number of nitrogens with one attached hydrogen (secondary N) is 2. The number of carbonyl (C=O) groups excluding carboxylic acids is 1. The molecular formula is C16H22N4O3. The van der Waals surface area contributed by atoms with E-state index in [4.69, 9.17) is 9.47 Å². The molecule has 0 bridgehead atoms. The number of urea groups is 1. The number of hydrogen-bond donors (Lipinski definition) is 2. The number of aromatic nitrogens is 2. The van der Waals surface area contributed by atoms with E-state index >= 15 is 0 Å². The number of benzene rings is 1. The molecular weight excluding hydrogens is 296 g/mol. The monoisotopic (exact) mass is 318 g/mol. The zero-order chi connectivity index (χ0) is 17.0. The molecule has 1 heterocycles. The first kappa shape index (κ1) is 16.7. The molecule has 0 unspecified atom stereocenters. The van der Waals surface area contributed by atoms with Gasteiger partial charge in [0.05, 0.1) is 26.0 Å². The fraction of sp³-hybridized carbons (Fsp3) is 0.375. The lowest BCUT2D eigenvalue weighted by Crippen LogP contribution is -2.32. The average Bonchev–Trinajstić information content (AvgIpc) is 2.83. The number of ether oxygens (including phenoxy) is 2. The van der Waals surface area contributed by atoms with Crippen LogP contribution in [0.1, 0.15) is 24.2 Å². The second-order valence-corrected chi connectivity index (χ2v) is 5.22. The number of carbonyl (C=O) groups is 1. The zero-order valence-electron chi connectivity index (χ0n) is 14.0. The minimum atomic E-state index is -0.314. The van der Waals surface area contributed by atoms with Crippen LogP contribution in [0.4, 0.5) is 10.6 Å². The third kappa shape index (κ3) is 3.94. The molecule has 0 saturated heterocycles. The second-order valence-electron chi connectivity index (χ2n) is 5.22. The molecule has 124 valence electrons. The van der Waals surface area contributed by atoms with Gasteiger partial charge < -0.3 is 14.8 Å². The fourth-order valence-electron chi connectivity index (χ4n) is 2.33. The Labute approximate surface area is 135 Å². The standard InChI is InChI=1S/C16H22N4O3/c1-10-8-15(20(3)19-10)18-16(21)17-11(2)13-9-12(22-4)6-7-14(13)23-5/h6-9,11H,1-5H3,(H2,17,18,21)/t11-/m1/s1. The van der Waals surface area contributed by atoms with Crippen LogP contribution in [0.15, 0.2) is 24.3 Å². The molecule has 0 saturated carbocycles. The van der Waals surface area contributed by atoms with Crippen molar-refractivity contribution in [1.29, 1.82) is 0 Å². The summed E-state index contributed by atoms with van der Waals surface area (Å²) in [6.45, 7) is 3.75. The first-order valence-corrected chi connectivity index (χ1v) is 7.24. The Bertz CT molecular complexity index is 697. The summed E-state index contributed by atoms with van der Waals surface area (Å²) in [5.41, 5.74) is 1.67. The van der Waals surface area contributed by atoms with E-state index in [2.05, 4.69) is 15.7 Å². The predicted octanol–water partition coefficient (Wildman–Crippen LogP) is 2.63. The first-order valence-electron chi connectivity index (χ1n) is 7.24. The maximum Gasteiger partial charge on any atom is 0.320 e. The van der Waals surface area contributed by atoms with Crippen molar-refractivity contribution in [2.24, 2.45) is 7.05 Å². The molecule has 1 aromatic heterocycles. The molecule has 7 heteroatoms. The van der Waals surface area contributed by atoms with Crippen LogP contribution in [0.5, 0.6) is 11.5 Å². The number of aryl methyl sites for hydroxylation is 2. The lowest BCUT2D eigenvalue weighted by molar-refractivity contribution is 0.249. The Hall–Kier alpha value is -2.70. The molecule has 1 atom stereocenters. The maximum absolute atomic E-state index is 12.2. The van der Waals surface area contributed by atoms with Crippen molar-refractivity contribution >= 4 is 11.8 Å². The minimum Gasteiger partial charge on any atom is -0.497 e. The van der Waals surface area contributed by atoms with Gasteiger partial charge in [-0.25, -0.2) is 4.79 Å². The van der Waals surface area contributed by atoms with Crippen molar-refractivity contribution in [2.75, 3.05) is 19.5 Å². The molecule has 0 radical (unpaired) electrons. The third-order valence-electron chi connectivity index (χ3n) is 3.49. The van der Waals surface area contributed by atoms with Gasteiger partial charge in [0.2, 0.25) is 0 Å². The number of hydrogen-bond acceptors (Lipinski definition) is 4. The molecule has 0 fully saturated rings. The largest absolute Gasteiger partial charge is 0.497 e. The van der Waals surface area contributed by atoms with Crippen molar-refractivity contribution in [1.82, 2.24) is 15.1 Å². The summed E-state index contributed by atoms with van der Waals surface area (Å²) in [5, 5.41) is 9.85. The molecule has 2 N–H and O–H groups in total. The van der Waals surface area contributed by atoms with E-state index in [1.165, 1.54) is 0 Å². The number of nitrogens with zero attached hydrogens (tertiary/aromatic N) is 2. The molecule has 1 aromatic carbocycles. The quantitative estimate of drug-likeness (QED) is 0.888. The lowest BCUT2D eigenvalue weighted by atomic mass is 10.1.